The quantitative estimate of drug-likeness (QED) is 0.651. The molecule has 16 heavy (non-hydrogen) atoms. The second kappa shape index (κ2) is 8.36. The van der Waals surface area contributed by atoms with Gasteiger partial charge >= 0.3 is 11.9 Å². The minimum Gasteiger partial charge on any atom is -0.481 e. The molecule has 0 heterocycles. The van der Waals surface area contributed by atoms with Crippen LogP contribution >= 0.6 is 0 Å². The third-order valence-corrected chi connectivity index (χ3v) is 1.59. The van der Waals surface area contributed by atoms with Gasteiger partial charge in [-0.2, -0.15) is 0 Å². The molecule has 7 nitrogen and oxygen atoms in total. The Labute approximate surface area is 90.9 Å². The molecule has 92 valence electrons. The van der Waals surface area contributed by atoms with Gasteiger partial charge in [0.05, 0.1) is 12.0 Å². The van der Waals surface area contributed by atoms with E-state index in [9.17, 15) is 9.59 Å². The Morgan fingerprint density at radius 1 is 1.00 bits per heavy atom. The summed E-state index contributed by atoms with van der Waals surface area (Å²) >= 11 is 0. The number of carboxylic acids is 2. The predicted molar refractivity (Wildman–Crippen MR) is 55.6 cm³/mol. The van der Waals surface area contributed by atoms with E-state index < -0.39 is 11.9 Å². The van der Waals surface area contributed by atoms with Crippen LogP contribution in [0.1, 0.15) is 15.9 Å². The van der Waals surface area contributed by atoms with Crippen molar-refractivity contribution < 1.29 is 36.2 Å². The van der Waals surface area contributed by atoms with Crippen molar-refractivity contribution in [3.63, 3.8) is 0 Å². The summed E-state index contributed by atoms with van der Waals surface area (Å²) in [6.45, 7) is 0. The van der Waals surface area contributed by atoms with Crippen molar-refractivity contribution >= 4 is 11.9 Å². The van der Waals surface area contributed by atoms with E-state index in [1.54, 1.807) is 12.1 Å². The lowest BCUT2D eigenvalue weighted by Gasteiger charge is -2.01. The van der Waals surface area contributed by atoms with Crippen molar-refractivity contribution in [2.24, 2.45) is 0 Å². The molecule has 0 aliphatic carbocycles. The molecular formula is C9H14O7. The van der Waals surface area contributed by atoms with Crippen LogP contribution in [0.5, 0.6) is 0 Å². The molecule has 0 saturated heterocycles. The summed E-state index contributed by atoms with van der Waals surface area (Å²) in [7, 11) is 0. The van der Waals surface area contributed by atoms with Crippen LogP contribution in [0.25, 0.3) is 0 Å². The standard InChI is InChI=1S/C9H8O4.3H2O/c10-8(11)5-6-3-1-2-4-7(6)9(12)13;;;/h1-4H,5H2,(H,10,11)(H,12,13);3*1H2. The molecule has 0 aliphatic heterocycles. The molecule has 0 saturated carbocycles. The molecule has 0 bridgehead atoms. The van der Waals surface area contributed by atoms with Gasteiger partial charge in [0, 0.05) is 0 Å². The highest BCUT2D eigenvalue weighted by Crippen LogP contribution is 2.09. The smallest absolute Gasteiger partial charge is 0.335 e. The monoisotopic (exact) mass is 234 g/mol. The Morgan fingerprint density at radius 3 is 1.94 bits per heavy atom. The third kappa shape index (κ3) is 5.05. The molecule has 0 aliphatic rings. The number of hydrogen-bond acceptors (Lipinski definition) is 2. The van der Waals surface area contributed by atoms with Gasteiger partial charge in [0.15, 0.2) is 0 Å². The number of rotatable bonds is 3. The zero-order valence-electron chi connectivity index (χ0n) is 8.23. The van der Waals surface area contributed by atoms with Gasteiger partial charge in [-0.25, -0.2) is 4.79 Å². The van der Waals surface area contributed by atoms with Gasteiger partial charge in [-0.1, -0.05) is 18.2 Å². The summed E-state index contributed by atoms with van der Waals surface area (Å²) in [5.74, 6) is -2.13. The molecule has 0 fully saturated rings. The lowest BCUT2D eigenvalue weighted by Crippen LogP contribution is -2.07. The number of aromatic carboxylic acids is 1. The van der Waals surface area contributed by atoms with Gasteiger partial charge in [0.25, 0.3) is 0 Å². The highest BCUT2D eigenvalue weighted by Gasteiger charge is 2.10. The summed E-state index contributed by atoms with van der Waals surface area (Å²) in [6.07, 6.45) is -0.261. The maximum atomic E-state index is 10.6. The highest BCUT2D eigenvalue weighted by atomic mass is 16.4. The van der Waals surface area contributed by atoms with Gasteiger partial charge < -0.3 is 26.6 Å². The van der Waals surface area contributed by atoms with E-state index in [2.05, 4.69) is 0 Å². The molecule has 1 rings (SSSR count). The van der Waals surface area contributed by atoms with Gasteiger partial charge in [-0.3, -0.25) is 4.79 Å². The number of benzene rings is 1. The first-order valence-electron chi connectivity index (χ1n) is 3.64. The maximum Gasteiger partial charge on any atom is 0.335 e. The maximum absolute atomic E-state index is 10.6. The van der Waals surface area contributed by atoms with E-state index in [1.807, 2.05) is 0 Å². The molecule has 0 atom stereocenters. The number of hydrogen-bond donors (Lipinski definition) is 2. The van der Waals surface area contributed by atoms with Crippen LogP contribution in [0.4, 0.5) is 0 Å². The zero-order chi connectivity index (χ0) is 9.84. The Balaban J connectivity index is -0.000000563. The normalized spacial score (nSPS) is 7.75. The number of carbonyl (C=O) groups is 2. The van der Waals surface area contributed by atoms with Gasteiger partial charge in [-0.15, -0.1) is 0 Å². The van der Waals surface area contributed by atoms with Crippen molar-refractivity contribution in [3.8, 4) is 0 Å². The summed E-state index contributed by atoms with van der Waals surface area (Å²) in [5, 5.41) is 17.2. The Morgan fingerprint density at radius 2 is 1.50 bits per heavy atom. The molecule has 0 amide bonds. The molecule has 0 aromatic heterocycles. The Hall–Kier alpha value is -1.96. The van der Waals surface area contributed by atoms with E-state index in [0.717, 1.165) is 0 Å². The fourth-order valence-electron chi connectivity index (χ4n) is 1.05. The zero-order valence-corrected chi connectivity index (χ0v) is 8.23. The van der Waals surface area contributed by atoms with Crippen molar-refractivity contribution in [1.82, 2.24) is 0 Å². The second-order valence-corrected chi connectivity index (χ2v) is 2.53. The summed E-state index contributed by atoms with van der Waals surface area (Å²) in [6, 6.07) is 6.07. The third-order valence-electron chi connectivity index (χ3n) is 1.59. The predicted octanol–water partition coefficient (Wildman–Crippen LogP) is -1.46. The van der Waals surface area contributed by atoms with Gasteiger partial charge in [0.1, 0.15) is 0 Å². The summed E-state index contributed by atoms with van der Waals surface area (Å²) in [4.78, 5) is 21.0. The first-order chi connectivity index (χ1) is 6.11. The van der Waals surface area contributed by atoms with Crippen LogP contribution in [0, 0.1) is 0 Å². The van der Waals surface area contributed by atoms with Crippen LogP contribution in [0.2, 0.25) is 0 Å². The van der Waals surface area contributed by atoms with E-state index in [4.69, 9.17) is 10.2 Å². The van der Waals surface area contributed by atoms with E-state index in [0.29, 0.717) is 5.56 Å². The second-order valence-electron chi connectivity index (χ2n) is 2.53. The highest BCUT2D eigenvalue weighted by molar-refractivity contribution is 5.90. The fraction of sp³-hybridized carbons (Fsp3) is 0.111. The topological polar surface area (TPSA) is 169 Å². The molecule has 7 heteroatoms. The van der Waals surface area contributed by atoms with Gasteiger partial charge in [0.2, 0.25) is 0 Å². The SMILES string of the molecule is O.O.O.O=C(O)Cc1ccccc1C(=O)O. The van der Waals surface area contributed by atoms with E-state index in [-0.39, 0.29) is 28.4 Å². The average Bonchev–Trinajstić information content (AvgIpc) is 2.03. The molecule has 8 N–H and O–H groups in total. The van der Waals surface area contributed by atoms with Crippen LogP contribution in [0.15, 0.2) is 24.3 Å². The molecular weight excluding hydrogens is 220 g/mol. The first kappa shape index (κ1) is 19.6. The molecule has 0 spiro atoms. The molecule has 0 unspecified atom stereocenters. The molecule has 1 aromatic rings. The van der Waals surface area contributed by atoms with E-state index >= 15 is 0 Å². The first-order valence-corrected chi connectivity index (χ1v) is 3.64. The van der Waals surface area contributed by atoms with Gasteiger partial charge in [-0.05, 0) is 11.6 Å². The summed E-state index contributed by atoms with van der Waals surface area (Å²) < 4.78 is 0. The molecule has 1 aromatic carbocycles. The number of aliphatic carboxylic acids is 1. The Kier molecular flexibility index (Phi) is 10.2. The van der Waals surface area contributed by atoms with Crippen molar-refractivity contribution in [3.05, 3.63) is 35.4 Å². The average molecular weight is 234 g/mol. The van der Waals surface area contributed by atoms with E-state index in [1.165, 1.54) is 12.1 Å². The van der Waals surface area contributed by atoms with Crippen molar-refractivity contribution in [2.45, 2.75) is 6.42 Å². The minimum atomic E-state index is -1.10. The van der Waals surface area contributed by atoms with Crippen LogP contribution in [-0.4, -0.2) is 38.6 Å². The lowest BCUT2D eigenvalue weighted by molar-refractivity contribution is -0.136. The van der Waals surface area contributed by atoms with Crippen LogP contribution in [-0.2, 0) is 11.2 Å². The van der Waals surface area contributed by atoms with Crippen molar-refractivity contribution in [1.29, 1.82) is 0 Å². The Bertz CT molecular complexity index is 347. The van der Waals surface area contributed by atoms with Crippen LogP contribution < -0.4 is 0 Å². The fourth-order valence-corrected chi connectivity index (χ4v) is 1.05. The summed E-state index contributed by atoms with van der Waals surface area (Å²) in [5.41, 5.74) is 0.368. The lowest BCUT2D eigenvalue weighted by atomic mass is 10.1. The molecule has 0 radical (unpaired) electrons. The largest absolute Gasteiger partial charge is 0.481 e. The number of carboxylic acid groups (broad SMARTS) is 2. The minimum absolute atomic E-state index is 0. The van der Waals surface area contributed by atoms with Crippen LogP contribution in [0.3, 0.4) is 0 Å². The van der Waals surface area contributed by atoms with Crippen molar-refractivity contribution in [2.75, 3.05) is 0 Å².